The Morgan fingerprint density at radius 3 is 2.95 bits per heavy atom. The Morgan fingerprint density at radius 2 is 2.15 bits per heavy atom. The molecular weight excluding hydrogens is 340 g/mol. The van der Waals surface area contributed by atoms with Crippen LogP contribution >= 0.6 is 27.3 Å². The third kappa shape index (κ3) is 2.37. The molecule has 0 aliphatic carbocycles. The Morgan fingerprint density at radius 1 is 1.35 bits per heavy atom. The molecule has 0 saturated carbocycles. The minimum atomic E-state index is -0.233. The summed E-state index contributed by atoms with van der Waals surface area (Å²) in [6.45, 7) is 0. The molecular formula is C13H9BrN4OS. The SMILES string of the molecule is Nc1cnc2scc(C(=O)Nc3ccccc3Br)c2n1. The number of rotatable bonds is 2. The maximum absolute atomic E-state index is 12.3. The normalized spacial score (nSPS) is 10.7. The number of amides is 1. The van der Waals surface area contributed by atoms with Crippen LogP contribution in [0.2, 0.25) is 0 Å². The second-order valence-electron chi connectivity index (χ2n) is 4.03. The number of hydrogen-bond donors (Lipinski definition) is 2. The lowest BCUT2D eigenvalue weighted by Crippen LogP contribution is -2.12. The molecule has 0 aliphatic rings. The van der Waals surface area contributed by atoms with Crippen molar-refractivity contribution >= 4 is 55.0 Å². The average Bonchev–Trinajstić information content (AvgIpc) is 2.84. The van der Waals surface area contributed by atoms with Gasteiger partial charge in [0, 0.05) is 9.85 Å². The first-order valence-electron chi connectivity index (χ1n) is 5.71. The number of hydrogen-bond acceptors (Lipinski definition) is 5. The van der Waals surface area contributed by atoms with Gasteiger partial charge in [-0.1, -0.05) is 12.1 Å². The Balaban J connectivity index is 1.97. The number of carbonyl (C=O) groups is 1. The molecule has 1 aromatic carbocycles. The molecule has 2 heterocycles. The van der Waals surface area contributed by atoms with Gasteiger partial charge in [0.15, 0.2) is 0 Å². The van der Waals surface area contributed by atoms with Gasteiger partial charge in [0.05, 0.1) is 17.4 Å². The molecule has 0 atom stereocenters. The number of fused-ring (bicyclic) bond motifs is 1. The monoisotopic (exact) mass is 348 g/mol. The molecule has 0 unspecified atom stereocenters. The van der Waals surface area contributed by atoms with Gasteiger partial charge in [-0.05, 0) is 28.1 Å². The van der Waals surface area contributed by atoms with Crippen LogP contribution in [0.4, 0.5) is 11.5 Å². The van der Waals surface area contributed by atoms with Crippen LogP contribution in [0.1, 0.15) is 10.4 Å². The zero-order valence-electron chi connectivity index (χ0n) is 10.1. The summed E-state index contributed by atoms with van der Waals surface area (Å²) >= 11 is 4.75. The van der Waals surface area contributed by atoms with Gasteiger partial charge in [-0.25, -0.2) is 9.97 Å². The van der Waals surface area contributed by atoms with Gasteiger partial charge < -0.3 is 11.1 Å². The number of nitrogens with two attached hydrogens (primary N) is 1. The van der Waals surface area contributed by atoms with E-state index >= 15 is 0 Å². The van der Waals surface area contributed by atoms with E-state index in [0.717, 1.165) is 4.47 Å². The molecule has 0 aliphatic heterocycles. The van der Waals surface area contributed by atoms with Crippen molar-refractivity contribution in [2.24, 2.45) is 0 Å². The smallest absolute Gasteiger partial charge is 0.258 e. The predicted octanol–water partition coefficient (Wildman–Crippen LogP) is 3.29. The van der Waals surface area contributed by atoms with Gasteiger partial charge in [0.25, 0.3) is 5.91 Å². The van der Waals surface area contributed by atoms with E-state index in [1.165, 1.54) is 17.5 Å². The first-order chi connectivity index (χ1) is 9.65. The number of anilines is 2. The summed E-state index contributed by atoms with van der Waals surface area (Å²) in [5.74, 6) is 0.0638. The lowest BCUT2D eigenvalue weighted by atomic mass is 10.2. The maximum atomic E-state index is 12.3. The van der Waals surface area contributed by atoms with Crippen molar-refractivity contribution < 1.29 is 4.79 Å². The van der Waals surface area contributed by atoms with Crippen molar-refractivity contribution in [3.63, 3.8) is 0 Å². The van der Waals surface area contributed by atoms with Crippen molar-refractivity contribution in [2.45, 2.75) is 0 Å². The number of nitrogens with zero attached hydrogens (tertiary/aromatic N) is 2. The molecule has 2 aromatic heterocycles. The number of aromatic nitrogens is 2. The summed E-state index contributed by atoms with van der Waals surface area (Å²) < 4.78 is 0.818. The largest absolute Gasteiger partial charge is 0.382 e. The molecule has 0 fully saturated rings. The first kappa shape index (κ1) is 13.0. The minimum Gasteiger partial charge on any atom is -0.382 e. The van der Waals surface area contributed by atoms with Crippen molar-refractivity contribution in [1.29, 1.82) is 0 Å². The lowest BCUT2D eigenvalue weighted by molar-refractivity contribution is 0.102. The average molecular weight is 349 g/mol. The Bertz CT molecular complexity index is 802. The number of thiophene rings is 1. The number of nitrogen functional groups attached to an aromatic ring is 1. The summed E-state index contributed by atoms with van der Waals surface area (Å²) in [7, 11) is 0. The zero-order valence-corrected chi connectivity index (χ0v) is 12.5. The van der Waals surface area contributed by atoms with Crippen molar-refractivity contribution in [3.05, 3.63) is 45.9 Å². The van der Waals surface area contributed by atoms with Crippen LogP contribution in [0.5, 0.6) is 0 Å². The highest BCUT2D eigenvalue weighted by molar-refractivity contribution is 9.10. The fourth-order valence-corrected chi connectivity index (χ4v) is 2.95. The highest BCUT2D eigenvalue weighted by Crippen LogP contribution is 2.26. The van der Waals surface area contributed by atoms with E-state index < -0.39 is 0 Å². The third-order valence-electron chi connectivity index (χ3n) is 2.67. The van der Waals surface area contributed by atoms with E-state index in [2.05, 4.69) is 31.2 Å². The summed E-state index contributed by atoms with van der Waals surface area (Å²) in [6, 6.07) is 7.41. The number of halogens is 1. The molecule has 3 aromatic rings. The fourth-order valence-electron chi connectivity index (χ4n) is 1.74. The highest BCUT2D eigenvalue weighted by Gasteiger charge is 2.15. The zero-order chi connectivity index (χ0) is 14.1. The number of carbonyl (C=O) groups excluding carboxylic acids is 1. The van der Waals surface area contributed by atoms with Crippen LogP contribution in [0.3, 0.4) is 0 Å². The third-order valence-corrected chi connectivity index (χ3v) is 4.23. The van der Waals surface area contributed by atoms with Gasteiger partial charge >= 0.3 is 0 Å². The fraction of sp³-hybridized carbons (Fsp3) is 0. The van der Waals surface area contributed by atoms with Crippen LogP contribution in [0.25, 0.3) is 10.3 Å². The second-order valence-corrected chi connectivity index (χ2v) is 5.74. The Hall–Kier alpha value is -1.99. The quantitative estimate of drug-likeness (QED) is 0.744. The maximum Gasteiger partial charge on any atom is 0.258 e. The van der Waals surface area contributed by atoms with Crippen molar-refractivity contribution in [3.8, 4) is 0 Å². The minimum absolute atomic E-state index is 0.233. The second kappa shape index (κ2) is 5.18. The first-order valence-corrected chi connectivity index (χ1v) is 7.38. The number of benzene rings is 1. The van der Waals surface area contributed by atoms with Gasteiger partial charge in [-0.15, -0.1) is 11.3 Å². The van der Waals surface area contributed by atoms with Crippen molar-refractivity contribution in [1.82, 2.24) is 9.97 Å². The summed E-state index contributed by atoms with van der Waals surface area (Å²) in [4.78, 5) is 21.3. The molecule has 5 nitrogen and oxygen atoms in total. The molecule has 0 bridgehead atoms. The van der Waals surface area contributed by atoms with Gasteiger partial charge in [0.2, 0.25) is 0 Å². The number of para-hydroxylation sites is 1. The van der Waals surface area contributed by atoms with Crippen LogP contribution in [0, 0.1) is 0 Å². The summed E-state index contributed by atoms with van der Waals surface area (Å²) in [6.07, 6.45) is 1.48. The van der Waals surface area contributed by atoms with Crippen LogP contribution in [-0.4, -0.2) is 15.9 Å². The Labute approximate surface area is 127 Å². The molecule has 0 spiro atoms. The Kier molecular flexibility index (Phi) is 3.37. The van der Waals surface area contributed by atoms with Crippen LogP contribution < -0.4 is 11.1 Å². The van der Waals surface area contributed by atoms with E-state index in [-0.39, 0.29) is 5.91 Å². The lowest BCUT2D eigenvalue weighted by Gasteiger charge is -2.06. The molecule has 0 saturated heterocycles. The summed E-state index contributed by atoms with van der Waals surface area (Å²) in [5, 5.41) is 4.57. The predicted molar refractivity (Wildman–Crippen MR) is 83.9 cm³/mol. The molecule has 3 N–H and O–H groups in total. The van der Waals surface area contributed by atoms with E-state index in [4.69, 9.17) is 5.73 Å². The number of nitrogens with one attached hydrogen (secondary N) is 1. The van der Waals surface area contributed by atoms with Gasteiger partial charge in [0.1, 0.15) is 16.2 Å². The topological polar surface area (TPSA) is 80.9 Å². The van der Waals surface area contributed by atoms with Crippen LogP contribution in [-0.2, 0) is 0 Å². The van der Waals surface area contributed by atoms with E-state index in [9.17, 15) is 4.79 Å². The molecule has 0 radical (unpaired) electrons. The highest BCUT2D eigenvalue weighted by atomic mass is 79.9. The van der Waals surface area contributed by atoms with Crippen LogP contribution in [0.15, 0.2) is 40.3 Å². The molecule has 7 heteroatoms. The summed E-state index contributed by atoms with van der Waals surface area (Å²) in [5.41, 5.74) is 7.32. The molecule has 100 valence electrons. The van der Waals surface area contributed by atoms with Gasteiger partial charge in [-0.3, -0.25) is 4.79 Å². The van der Waals surface area contributed by atoms with Gasteiger partial charge in [-0.2, -0.15) is 0 Å². The van der Waals surface area contributed by atoms with Crippen molar-refractivity contribution in [2.75, 3.05) is 11.1 Å². The molecule has 1 amide bonds. The van der Waals surface area contributed by atoms with E-state index in [1.807, 2.05) is 24.3 Å². The standard InChI is InChI=1S/C13H9BrN4OS/c14-8-3-1-2-4-9(8)17-12(19)7-6-20-13-11(7)18-10(15)5-16-13/h1-6H,(H2,15,18)(H,17,19). The van der Waals surface area contributed by atoms with E-state index in [1.54, 1.807) is 5.38 Å². The molecule has 20 heavy (non-hydrogen) atoms. The molecule has 3 rings (SSSR count). The van der Waals surface area contributed by atoms with E-state index in [0.29, 0.717) is 27.4 Å².